The van der Waals surface area contributed by atoms with Crippen LogP contribution >= 0.6 is 0 Å². The maximum absolute atomic E-state index is 13.0. The number of aryl methyl sites for hydroxylation is 1. The molecule has 6 heteroatoms. The number of allylic oxidation sites excluding steroid dienone is 1. The number of nitrogens with zero attached hydrogens (tertiary/aromatic N) is 1. The number of likely N-dealkylation sites (tertiary alicyclic amines) is 1. The molecule has 156 valence electrons. The van der Waals surface area contributed by atoms with Crippen molar-refractivity contribution >= 4 is 11.7 Å². The summed E-state index contributed by atoms with van der Waals surface area (Å²) < 4.78 is 6.16. The van der Waals surface area contributed by atoms with Crippen LogP contribution in [0.2, 0.25) is 0 Å². The van der Waals surface area contributed by atoms with Crippen molar-refractivity contribution in [3.63, 3.8) is 0 Å². The molecule has 1 saturated carbocycles. The molecular weight excluding hydrogens is 368 g/mol. The first kappa shape index (κ1) is 20.1. The number of ketones is 1. The SMILES string of the molecule is CC(C)=CCN1CC[C@]23c4c(C)ccc(C(N)=O)c4O[C@H]2C(=O)CC[C@@]3(O)[C@H]1C. The average molecular weight is 399 g/mol. The van der Waals surface area contributed by atoms with Crippen LogP contribution in [-0.2, 0) is 10.2 Å². The third kappa shape index (κ3) is 2.62. The van der Waals surface area contributed by atoms with E-state index in [9.17, 15) is 14.7 Å². The zero-order valence-corrected chi connectivity index (χ0v) is 17.6. The molecule has 0 unspecified atom stereocenters. The van der Waals surface area contributed by atoms with Crippen molar-refractivity contribution in [1.29, 1.82) is 0 Å². The monoisotopic (exact) mass is 398 g/mol. The quantitative estimate of drug-likeness (QED) is 0.762. The van der Waals surface area contributed by atoms with E-state index < -0.39 is 23.0 Å². The molecule has 0 aromatic heterocycles. The van der Waals surface area contributed by atoms with Crippen LogP contribution in [0.1, 0.15) is 61.5 Å². The fourth-order valence-electron chi connectivity index (χ4n) is 5.77. The van der Waals surface area contributed by atoms with E-state index in [1.54, 1.807) is 6.07 Å². The molecule has 29 heavy (non-hydrogen) atoms. The number of nitrogens with two attached hydrogens (primary N) is 1. The topological polar surface area (TPSA) is 92.9 Å². The molecule has 1 spiro atoms. The molecule has 0 bridgehead atoms. The van der Waals surface area contributed by atoms with E-state index >= 15 is 0 Å². The number of hydrogen-bond donors (Lipinski definition) is 2. The Bertz CT molecular complexity index is 920. The van der Waals surface area contributed by atoms with Gasteiger partial charge in [-0.25, -0.2) is 0 Å². The number of hydrogen-bond acceptors (Lipinski definition) is 5. The first-order valence-corrected chi connectivity index (χ1v) is 10.4. The third-order valence-electron chi connectivity index (χ3n) is 7.34. The maximum atomic E-state index is 13.0. The smallest absolute Gasteiger partial charge is 0.252 e. The summed E-state index contributed by atoms with van der Waals surface area (Å²) >= 11 is 0. The zero-order chi connectivity index (χ0) is 21.1. The lowest BCUT2D eigenvalue weighted by atomic mass is 9.52. The first-order valence-electron chi connectivity index (χ1n) is 10.4. The molecule has 1 aromatic rings. The molecule has 1 aliphatic carbocycles. The zero-order valence-electron chi connectivity index (χ0n) is 17.6. The summed E-state index contributed by atoms with van der Waals surface area (Å²) in [5.74, 6) is -0.201. The summed E-state index contributed by atoms with van der Waals surface area (Å²) in [6.45, 7) is 9.61. The molecule has 2 heterocycles. The number of carbonyl (C=O) groups excluding carboxylic acids is 2. The van der Waals surface area contributed by atoms with Gasteiger partial charge in [-0.15, -0.1) is 0 Å². The second-order valence-corrected chi connectivity index (χ2v) is 9.06. The minimum atomic E-state index is -1.13. The second-order valence-electron chi connectivity index (χ2n) is 9.06. The molecule has 2 aliphatic heterocycles. The minimum absolute atomic E-state index is 0.00866. The molecule has 2 fully saturated rings. The van der Waals surface area contributed by atoms with E-state index in [0.717, 1.165) is 24.2 Å². The Kier molecular flexibility index (Phi) is 4.63. The van der Waals surface area contributed by atoms with Crippen LogP contribution in [0.15, 0.2) is 23.8 Å². The predicted molar refractivity (Wildman–Crippen MR) is 110 cm³/mol. The number of aliphatic hydroxyl groups is 1. The standard InChI is InChI=1S/C23H30N2O4/c1-13(2)8-11-25-12-10-22-18-14(3)5-6-16(21(24)27)19(18)29-20(22)17(26)7-9-23(22,28)15(25)4/h5-6,8,15,20,28H,7,9-12H2,1-4H3,(H2,24,27)/t15-,20+,22+,23-/m1/s1. The molecular formula is C23H30N2O4. The molecule has 1 amide bonds. The lowest BCUT2D eigenvalue weighted by Crippen LogP contribution is -2.73. The van der Waals surface area contributed by atoms with Crippen LogP contribution in [0, 0.1) is 6.92 Å². The Hall–Kier alpha value is -2.18. The number of Topliss-reactive ketones (excluding diaryl/α,β-unsaturated/α-hetero) is 1. The molecule has 1 aromatic carbocycles. The molecule has 4 rings (SSSR count). The Labute approximate surface area is 171 Å². The largest absolute Gasteiger partial charge is 0.480 e. The Morgan fingerprint density at radius 1 is 1.38 bits per heavy atom. The van der Waals surface area contributed by atoms with Crippen molar-refractivity contribution < 1.29 is 19.4 Å². The van der Waals surface area contributed by atoms with Crippen LogP contribution < -0.4 is 10.5 Å². The van der Waals surface area contributed by atoms with E-state index in [-0.39, 0.29) is 23.8 Å². The number of rotatable bonds is 3. The van der Waals surface area contributed by atoms with Gasteiger partial charge in [0.2, 0.25) is 0 Å². The number of amides is 1. The van der Waals surface area contributed by atoms with E-state index in [1.807, 2.05) is 19.9 Å². The van der Waals surface area contributed by atoms with E-state index in [1.165, 1.54) is 5.57 Å². The van der Waals surface area contributed by atoms with E-state index in [4.69, 9.17) is 10.5 Å². The summed E-state index contributed by atoms with van der Waals surface area (Å²) in [4.78, 5) is 27.3. The van der Waals surface area contributed by atoms with Crippen LogP contribution in [-0.4, -0.2) is 52.5 Å². The maximum Gasteiger partial charge on any atom is 0.252 e. The highest BCUT2D eigenvalue weighted by atomic mass is 16.5. The van der Waals surface area contributed by atoms with Gasteiger partial charge in [0.05, 0.1) is 16.6 Å². The van der Waals surface area contributed by atoms with Crippen molar-refractivity contribution in [3.05, 3.63) is 40.5 Å². The second kappa shape index (κ2) is 6.67. The number of benzene rings is 1. The van der Waals surface area contributed by atoms with E-state index in [0.29, 0.717) is 18.6 Å². The summed E-state index contributed by atoms with van der Waals surface area (Å²) in [6, 6.07) is 3.34. The number of fused-ring (bicyclic) bond motifs is 1. The van der Waals surface area contributed by atoms with Crippen molar-refractivity contribution in [1.82, 2.24) is 4.90 Å². The van der Waals surface area contributed by atoms with Gasteiger partial charge in [-0.05, 0) is 58.7 Å². The van der Waals surface area contributed by atoms with Crippen LogP contribution in [0.3, 0.4) is 0 Å². The molecule has 3 aliphatic rings. The van der Waals surface area contributed by atoms with Crippen LogP contribution in [0.5, 0.6) is 5.75 Å². The van der Waals surface area contributed by atoms with Gasteiger partial charge in [-0.2, -0.15) is 0 Å². The highest BCUT2D eigenvalue weighted by Crippen LogP contribution is 2.60. The molecule has 1 saturated heterocycles. The summed E-state index contributed by atoms with van der Waals surface area (Å²) in [6.07, 6.45) is 2.64. The Balaban J connectivity index is 1.89. The van der Waals surface area contributed by atoms with Crippen molar-refractivity contribution in [3.8, 4) is 5.75 Å². The van der Waals surface area contributed by atoms with Crippen LogP contribution in [0.25, 0.3) is 0 Å². The lowest BCUT2D eigenvalue weighted by Gasteiger charge is -2.59. The summed E-state index contributed by atoms with van der Waals surface area (Å²) in [7, 11) is 0. The number of primary amides is 1. The third-order valence-corrected chi connectivity index (χ3v) is 7.34. The lowest BCUT2D eigenvalue weighted by molar-refractivity contribution is -0.180. The highest BCUT2D eigenvalue weighted by Gasteiger charge is 2.70. The highest BCUT2D eigenvalue weighted by molar-refractivity contribution is 5.98. The van der Waals surface area contributed by atoms with Crippen LogP contribution in [0.4, 0.5) is 0 Å². The van der Waals surface area contributed by atoms with Gasteiger partial charge in [0.25, 0.3) is 5.91 Å². The van der Waals surface area contributed by atoms with Gasteiger partial charge in [0, 0.05) is 24.6 Å². The van der Waals surface area contributed by atoms with Gasteiger partial charge in [-0.3, -0.25) is 14.5 Å². The fourth-order valence-corrected chi connectivity index (χ4v) is 5.77. The molecule has 3 N–H and O–H groups in total. The fraction of sp³-hybridized carbons (Fsp3) is 0.565. The first-order chi connectivity index (χ1) is 13.6. The Morgan fingerprint density at radius 2 is 2.10 bits per heavy atom. The van der Waals surface area contributed by atoms with Gasteiger partial charge >= 0.3 is 0 Å². The molecule has 6 nitrogen and oxygen atoms in total. The summed E-state index contributed by atoms with van der Waals surface area (Å²) in [5.41, 5.74) is 6.84. The van der Waals surface area contributed by atoms with Crippen molar-refractivity contribution in [2.45, 2.75) is 70.1 Å². The summed E-state index contributed by atoms with van der Waals surface area (Å²) in [5, 5.41) is 12.2. The van der Waals surface area contributed by atoms with Gasteiger partial charge in [0.1, 0.15) is 5.75 Å². The predicted octanol–water partition coefficient (Wildman–Crippen LogP) is 2.25. The van der Waals surface area contributed by atoms with E-state index in [2.05, 4.69) is 24.8 Å². The minimum Gasteiger partial charge on any atom is -0.480 e. The van der Waals surface area contributed by atoms with Crippen molar-refractivity contribution in [2.24, 2.45) is 5.73 Å². The van der Waals surface area contributed by atoms with Gasteiger partial charge in [-0.1, -0.05) is 17.7 Å². The number of carbonyl (C=O) groups is 2. The van der Waals surface area contributed by atoms with Gasteiger partial charge in [0.15, 0.2) is 11.9 Å². The number of piperidine rings is 1. The van der Waals surface area contributed by atoms with Gasteiger partial charge < -0.3 is 15.6 Å². The molecule has 0 radical (unpaired) electrons. The number of ether oxygens (including phenoxy) is 1. The Morgan fingerprint density at radius 3 is 2.76 bits per heavy atom. The normalized spacial score (nSPS) is 33.3. The average Bonchev–Trinajstić information content (AvgIpc) is 3.01. The van der Waals surface area contributed by atoms with Crippen molar-refractivity contribution in [2.75, 3.05) is 13.1 Å². The molecule has 4 atom stereocenters.